The van der Waals surface area contributed by atoms with Crippen molar-refractivity contribution in [2.45, 2.75) is 33.3 Å². The van der Waals surface area contributed by atoms with Gasteiger partial charge in [0.15, 0.2) is 5.78 Å². The summed E-state index contributed by atoms with van der Waals surface area (Å²) in [7, 11) is 0. The zero-order valence-electron chi connectivity index (χ0n) is 9.29. The zero-order chi connectivity index (χ0) is 11.6. The van der Waals surface area contributed by atoms with Crippen molar-refractivity contribution >= 4 is 23.1 Å². The number of ether oxygens (including phenoxy) is 1. The molecule has 0 saturated carbocycles. The summed E-state index contributed by atoms with van der Waals surface area (Å²) in [4.78, 5) is 23.3. The Kier molecular flexibility index (Phi) is 3.29. The van der Waals surface area contributed by atoms with E-state index in [0.717, 1.165) is 0 Å². The van der Waals surface area contributed by atoms with Gasteiger partial charge in [0, 0.05) is 0 Å². The predicted octanol–water partition coefficient (Wildman–Crippen LogP) is 2.91. The Balaban J connectivity index is 2.92. The van der Waals surface area contributed by atoms with E-state index in [1.807, 2.05) is 0 Å². The lowest BCUT2D eigenvalue weighted by molar-refractivity contribution is 0.00686. The normalized spacial score (nSPS) is 11.2. The molecule has 0 saturated heterocycles. The monoisotopic (exact) mass is 226 g/mol. The molecule has 15 heavy (non-hydrogen) atoms. The molecule has 0 aliphatic heterocycles. The highest BCUT2D eigenvalue weighted by Gasteiger charge is 2.22. The van der Waals surface area contributed by atoms with Crippen molar-refractivity contribution in [2.75, 3.05) is 0 Å². The van der Waals surface area contributed by atoms with E-state index in [9.17, 15) is 9.59 Å². The standard InChI is InChI=1S/C11H14O3S/c1-7(12)9-8(5-6-15-9)10(13)14-11(2,3)4/h5-6H,1-4H3. The fourth-order valence-electron chi connectivity index (χ4n) is 1.08. The summed E-state index contributed by atoms with van der Waals surface area (Å²) in [6.07, 6.45) is 0. The van der Waals surface area contributed by atoms with Crippen LogP contribution in [0.5, 0.6) is 0 Å². The first kappa shape index (κ1) is 11.9. The highest BCUT2D eigenvalue weighted by atomic mass is 32.1. The van der Waals surface area contributed by atoms with Gasteiger partial charge in [0.25, 0.3) is 0 Å². The molecule has 1 aromatic rings. The molecule has 0 fully saturated rings. The Bertz CT molecular complexity index is 385. The molecule has 0 N–H and O–H groups in total. The second-order valence-electron chi connectivity index (χ2n) is 4.22. The van der Waals surface area contributed by atoms with E-state index in [0.29, 0.717) is 10.4 Å². The molecule has 0 aromatic carbocycles. The molecule has 0 unspecified atom stereocenters. The third-order valence-electron chi connectivity index (χ3n) is 1.60. The molecule has 82 valence electrons. The molecule has 0 aliphatic carbocycles. The first-order valence-electron chi connectivity index (χ1n) is 4.63. The van der Waals surface area contributed by atoms with Crippen LogP contribution in [0.2, 0.25) is 0 Å². The molecule has 1 aromatic heterocycles. The van der Waals surface area contributed by atoms with E-state index in [1.165, 1.54) is 18.3 Å². The maximum Gasteiger partial charge on any atom is 0.340 e. The van der Waals surface area contributed by atoms with Gasteiger partial charge in [-0.15, -0.1) is 11.3 Å². The Morgan fingerprint density at radius 3 is 2.40 bits per heavy atom. The van der Waals surface area contributed by atoms with Crippen LogP contribution in [0.3, 0.4) is 0 Å². The van der Waals surface area contributed by atoms with Crippen molar-refractivity contribution in [3.05, 3.63) is 21.9 Å². The number of esters is 1. The lowest BCUT2D eigenvalue weighted by Crippen LogP contribution is -2.24. The molecule has 0 aliphatic rings. The average Bonchev–Trinajstić information content (AvgIpc) is 2.47. The van der Waals surface area contributed by atoms with Crippen molar-refractivity contribution in [1.82, 2.24) is 0 Å². The fraction of sp³-hybridized carbons (Fsp3) is 0.455. The van der Waals surface area contributed by atoms with Gasteiger partial charge in [0.2, 0.25) is 0 Å². The Hall–Kier alpha value is -1.16. The van der Waals surface area contributed by atoms with Crippen LogP contribution >= 0.6 is 11.3 Å². The molecular formula is C11H14O3S. The summed E-state index contributed by atoms with van der Waals surface area (Å²) in [5.41, 5.74) is -0.171. The van der Waals surface area contributed by atoms with E-state index >= 15 is 0 Å². The molecule has 0 radical (unpaired) electrons. The predicted molar refractivity (Wildman–Crippen MR) is 59.5 cm³/mol. The number of carbonyl (C=O) groups excluding carboxylic acids is 2. The third kappa shape index (κ3) is 3.16. The zero-order valence-corrected chi connectivity index (χ0v) is 10.1. The first-order valence-corrected chi connectivity index (χ1v) is 5.51. The lowest BCUT2D eigenvalue weighted by Gasteiger charge is -2.19. The molecule has 0 amide bonds. The first-order chi connectivity index (χ1) is 6.81. The van der Waals surface area contributed by atoms with Gasteiger partial charge < -0.3 is 4.74 Å². The summed E-state index contributed by atoms with van der Waals surface area (Å²) in [5.74, 6) is -0.542. The van der Waals surface area contributed by atoms with E-state index in [-0.39, 0.29) is 5.78 Å². The second-order valence-corrected chi connectivity index (χ2v) is 5.14. The minimum Gasteiger partial charge on any atom is -0.456 e. The Morgan fingerprint density at radius 1 is 1.33 bits per heavy atom. The van der Waals surface area contributed by atoms with Crippen LogP contribution in [-0.2, 0) is 4.74 Å². The van der Waals surface area contributed by atoms with Gasteiger partial charge in [0.05, 0.1) is 10.4 Å². The lowest BCUT2D eigenvalue weighted by atomic mass is 10.1. The van der Waals surface area contributed by atoms with Gasteiger partial charge in [-0.1, -0.05) is 0 Å². The SMILES string of the molecule is CC(=O)c1sccc1C(=O)OC(C)(C)C. The molecule has 0 bridgehead atoms. The van der Waals surface area contributed by atoms with Gasteiger partial charge in [-0.3, -0.25) is 4.79 Å². The van der Waals surface area contributed by atoms with Crippen LogP contribution in [0.25, 0.3) is 0 Å². The smallest absolute Gasteiger partial charge is 0.340 e. The minimum atomic E-state index is -0.535. The quantitative estimate of drug-likeness (QED) is 0.575. The fourth-order valence-corrected chi connectivity index (χ4v) is 1.86. The molecule has 1 heterocycles. The van der Waals surface area contributed by atoms with Crippen LogP contribution in [0.15, 0.2) is 11.4 Å². The molecule has 0 atom stereocenters. The Morgan fingerprint density at radius 2 is 1.93 bits per heavy atom. The molecule has 0 spiro atoms. The summed E-state index contributed by atoms with van der Waals surface area (Å²) in [5, 5.41) is 1.72. The van der Waals surface area contributed by atoms with Crippen molar-refractivity contribution in [2.24, 2.45) is 0 Å². The van der Waals surface area contributed by atoms with Crippen molar-refractivity contribution in [1.29, 1.82) is 0 Å². The Labute approximate surface area is 93.1 Å². The topological polar surface area (TPSA) is 43.4 Å². The van der Waals surface area contributed by atoms with Gasteiger partial charge >= 0.3 is 5.97 Å². The van der Waals surface area contributed by atoms with E-state index in [2.05, 4.69) is 0 Å². The number of ketones is 1. The summed E-state index contributed by atoms with van der Waals surface area (Å²) in [6, 6.07) is 1.62. The number of carbonyl (C=O) groups is 2. The molecular weight excluding hydrogens is 212 g/mol. The highest BCUT2D eigenvalue weighted by Crippen LogP contribution is 2.20. The number of Topliss-reactive ketones (excluding diaryl/α,β-unsaturated/α-hetero) is 1. The molecule has 3 nitrogen and oxygen atoms in total. The second kappa shape index (κ2) is 4.14. The van der Waals surface area contributed by atoms with Crippen LogP contribution < -0.4 is 0 Å². The van der Waals surface area contributed by atoms with Crippen LogP contribution in [0, 0.1) is 0 Å². The van der Waals surface area contributed by atoms with Gasteiger partial charge in [0.1, 0.15) is 5.60 Å². The van der Waals surface area contributed by atoms with Crippen LogP contribution in [-0.4, -0.2) is 17.4 Å². The number of thiophene rings is 1. The summed E-state index contributed by atoms with van der Waals surface area (Å²) in [6.45, 7) is 6.83. The number of hydrogen-bond acceptors (Lipinski definition) is 4. The van der Waals surface area contributed by atoms with E-state index < -0.39 is 11.6 Å². The van der Waals surface area contributed by atoms with E-state index in [4.69, 9.17) is 4.74 Å². The average molecular weight is 226 g/mol. The minimum absolute atomic E-state index is 0.106. The maximum atomic E-state index is 11.7. The molecule has 1 rings (SSSR count). The summed E-state index contributed by atoms with van der Waals surface area (Å²) < 4.78 is 5.19. The van der Waals surface area contributed by atoms with Gasteiger partial charge in [-0.2, -0.15) is 0 Å². The van der Waals surface area contributed by atoms with Crippen molar-refractivity contribution in [3.8, 4) is 0 Å². The van der Waals surface area contributed by atoms with Crippen molar-refractivity contribution in [3.63, 3.8) is 0 Å². The van der Waals surface area contributed by atoms with E-state index in [1.54, 1.807) is 32.2 Å². The van der Waals surface area contributed by atoms with Crippen molar-refractivity contribution < 1.29 is 14.3 Å². The highest BCUT2D eigenvalue weighted by molar-refractivity contribution is 7.12. The third-order valence-corrected chi connectivity index (χ3v) is 2.62. The largest absolute Gasteiger partial charge is 0.456 e. The number of hydrogen-bond donors (Lipinski definition) is 0. The molecule has 4 heteroatoms. The van der Waals surface area contributed by atoms with Crippen LogP contribution in [0.1, 0.15) is 47.7 Å². The summed E-state index contributed by atoms with van der Waals surface area (Å²) >= 11 is 1.26. The maximum absolute atomic E-state index is 11.7. The number of rotatable bonds is 2. The van der Waals surface area contributed by atoms with Gasteiger partial charge in [-0.25, -0.2) is 4.79 Å². The van der Waals surface area contributed by atoms with Crippen LogP contribution in [0.4, 0.5) is 0 Å². The van der Waals surface area contributed by atoms with Gasteiger partial charge in [-0.05, 0) is 39.1 Å².